The normalized spacial score (nSPS) is 17.8. The number of aromatic carboxylic acids is 1. The second-order valence-electron chi connectivity index (χ2n) is 6.29. The van der Waals surface area contributed by atoms with Crippen LogP contribution in [0.15, 0.2) is 54.6 Å². The monoisotopic (exact) mass is 339 g/mol. The molecule has 5 nitrogen and oxygen atoms in total. The average Bonchev–Trinajstić information content (AvgIpc) is 3.15. The highest BCUT2D eigenvalue weighted by atomic mass is 16.5. The maximum absolute atomic E-state index is 12.6. The van der Waals surface area contributed by atoms with Crippen LogP contribution in [0.25, 0.3) is 0 Å². The van der Waals surface area contributed by atoms with E-state index in [2.05, 4.69) is 5.32 Å². The van der Waals surface area contributed by atoms with Crippen LogP contribution in [0.4, 0.5) is 0 Å². The summed E-state index contributed by atoms with van der Waals surface area (Å²) in [5, 5.41) is 12.2. The smallest absolute Gasteiger partial charge is 0.335 e. The molecule has 0 aliphatic carbocycles. The van der Waals surface area contributed by atoms with Gasteiger partial charge in [-0.2, -0.15) is 0 Å². The zero-order valence-corrected chi connectivity index (χ0v) is 13.9. The van der Waals surface area contributed by atoms with E-state index < -0.39 is 5.97 Å². The van der Waals surface area contributed by atoms with Crippen LogP contribution in [0.5, 0.6) is 0 Å². The standard InChI is InChI=1S/C20H21NO4/c22-19(16-7-4-8-17(12-16)20(23)24)21-18(11-14-9-10-25-13-14)15-5-2-1-3-6-15/h1-8,12,14,18H,9-11,13H2,(H,21,22)(H,23,24)/t14-,18-/m1/s1. The molecule has 2 N–H and O–H groups in total. The minimum absolute atomic E-state index is 0.105. The number of hydrogen-bond donors (Lipinski definition) is 2. The van der Waals surface area contributed by atoms with Crippen LogP contribution < -0.4 is 5.32 Å². The number of rotatable bonds is 6. The first-order valence-corrected chi connectivity index (χ1v) is 8.40. The van der Waals surface area contributed by atoms with E-state index in [4.69, 9.17) is 9.84 Å². The lowest BCUT2D eigenvalue weighted by molar-refractivity contribution is 0.0697. The molecule has 1 aliphatic heterocycles. The van der Waals surface area contributed by atoms with Gasteiger partial charge in [0.1, 0.15) is 0 Å². The molecule has 1 heterocycles. The molecule has 25 heavy (non-hydrogen) atoms. The van der Waals surface area contributed by atoms with Crippen molar-refractivity contribution in [2.45, 2.75) is 18.9 Å². The highest BCUT2D eigenvalue weighted by molar-refractivity contribution is 5.97. The Labute approximate surface area is 146 Å². The van der Waals surface area contributed by atoms with Gasteiger partial charge in [-0.3, -0.25) is 4.79 Å². The van der Waals surface area contributed by atoms with Crippen molar-refractivity contribution in [2.75, 3.05) is 13.2 Å². The lowest BCUT2D eigenvalue weighted by atomic mass is 9.94. The van der Waals surface area contributed by atoms with Gasteiger partial charge in [-0.1, -0.05) is 36.4 Å². The zero-order valence-electron chi connectivity index (χ0n) is 13.9. The first-order chi connectivity index (χ1) is 12.1. The molecule has 2 atom stereocenters. The number of ether oxygens (including phenoxy) is 1. The van der Waals surface area contributed by atoms with Crippen molar-refractivity contribution < 1.29 is 19.4 Å². The van der Waals surface area contributed by atoms with Crippen molar-refractivity contribution in [2.24, 2.45) is 5.92 Å². The fourth-order valence-electron chi connectivity index (χ4n) is 3.10. The maximum atomic E-state index is 12.6. The van der Waals surface area contributed by atoms with Gasteiger partial charge >= 0.3 is 5.97 Å². The summed E-state index contributed by atoms with van der Waals surface area (Å²) in [6.07, 6.45) is 1.79. The number of carboxylic acids is 1. The van der Waals surface area contributed by atoms with Crippen molar-refractivity contribution in [1.82, 2.24) is 5.32 Å². The lowest BCUT2D eigenvalue weighted by Gasteiger charge is -2.22. The zero-order chi connectivity index (χ0) is 17.6. The second kappa shape index (κ2) is 7.94. The van der Waals surface area contributed by atoms with E-state index in [0.717, 1.165) is 25.0 Å². The van der Waals surface area contributed by atoms with Gasteiger partial charge in [0.2, 0.25) is 0 Å². The van der Waals surface area contributed by atoms with Gasteiger partial charge in [0.05, 0.1) is 11.6 Å². The van der Waals surface area contributed by atoms with Gasteiger partial charge in [-0.25, -0.2) is 4.79 Å². The third-order valence-corrected chi connectivity index (χ3v) is 4.47. The van der Waals surface area contributed by atoms with Gasteiger partial charge in [0, 0.05) is 18.8 Å². The van der Waals surface area contributed by atoms with Gasteiger partial charge in [-0.05, 0) is 42.5 Å². The molecule has 1 amide bonds. The molecule has 0 saturated carbocycles. The second-order valence-corrected chi connectivity index (χ2v) is 6.29. The van der Waals surface area contributed by atoms with E-state index in [9.17, 15) is 9.59 Å². The van der Waals surface area contributed by atoms with Crippen molar-refractivity contribution in [3.63, 3.8) is 0 Å². The van der Waals surface area contributed by atoms with Gasteiger partial charge in [-0.15, -0.1) is 0 Å². The van der Waals surface area contributed by atoms with E-state index in [1.54, 1.807) is 12.1 Å². The van der Waals surface area contributed by atoms with Crippen LogP contribution in [0.3, 0.4) is 0 Å². The Balaban J connectivity index is 1.78. The van der Waals surface area contributed by atoms with E-state index in [-0.39, 0.29) is 17.5 Å². The SMILES string of the molecule is O=C(O)c1cccc(C(=O)N[C@H](C[C@H]2CCOC2)c2ccccc2)c1. The molecule has 1 aliphatic rings. The molecular formula is C20H21NO4. The summed E-state index contributed by atoms with van der Waals surface area (Å²) in [5.74, 6) is -0.899. The lowest BCUT2D eigenvalue weighted by Crippen LogP contribution is -2.30. The summed E-state index contributed by atoms with van der Waals surface area (Å²) in [7, 11) is 0. The van der Waals surface area contributed by atoms with E-state index in [1.165, 1.54) is 12.1 Å². The first kappa shape index (κ1) is 17.2. The number of benzene rings is 2. The number of carbonyl (C=O) groups excluding carboxylic acids is 1. The molecule has 0 spiro atoms. The van der Waals surface area contributed by atoms with Crippen LogP contribution in [-0.2, 0) is 4.74 Å². The van der Waals surface area contributed by atoms with Crippen LogP contribution in [0.2, 0.25) is 0 Å². The van der Waals surface area contributed by atoms with Crippen molar-refractivity contribution >= 4 is 11.9 Å². The topological polar surface area (TPSA) is 75.6 Å². The molecule has 1 fully saturated rings. The quantitative estimate of drug-likeness (QED) is 0.847. The van der Waals surface area contributed by atoms with Crippen LogP contribution in [0, 0.1) is 5.92 Å². The molecule has 0 aromatic heterocycles. The minimum atomic E-state index is -1.04. The Morgan fingerprint density at radius 2 is 1.88 bits per heavy atom. The van der Waals surface area contributed by atoms with Crippen molar-refractivity contribution in [3.05, 3.63) is 71.3 Å². The van der Waals surface area contributed by atoms with E-state index in [1.807, 2.05) is 30.3 Å². The average molecular weight is 339 g/mol. The predicted molar refractivity (Wildman–Crippen MR) is 93.6 cm³/mol. The maximum Gasteiger partial charge on any atom is 0.335 e. The van der Waals surface area contributed by atoms with E-state index >= 15 is 0 Å². The van der Waals surface area contributed by atoms with Crippen LogP contribution >= 0.6 is 0 Å². The third kappa shape index (κ3) is 4.45. The molecule has 0 bridgehead atoms. The summed E-state index contributed by atoms with van der Waals surface area (Å²) in [6.45, 7) is 1.48. The predicted octanol–water partition coefficient (Wildman–Crippen LogP) is 3.28. The first-order valence-electron chi connectivity index (χ1n) is 8.40. The third-order valence-electron chi connectivity index (χ3n) is 4.47. The Morgan fingerprint density at radius 3 is 2.56 bits per heavy atom. The number of hydrogen-bond acceptors (Lipinski definition) is 3. The van der Waals surface area contributed by atoms with Crippen LogP contribution in [-0.4, -0.2) is 30.2 Å². The fourth-order valence-corrected chi connectivity index (χ4v) is 3.10. The van der Waals surface area contributed by atoms with Gasteiger partial charge in [0.25, 0.3) is 5.91 Å². The molecule has 1 saturated heterocycles. The molecular weight excluding hydrogens is 318 g/mol. The Kier molecular flexibility index (Phi) is 5.46. The highest BCUT2D eigenvalue weighted by Gasteiger charge is 2.23. The molecule has 2 aromatic rings. The van der Waals surface area contributed by atoms with Crippen LogP contribution in [0.1, 0.15) is 45.2 Å². The highest BCUT2D eigenvalue weighted by Crippen LogP contribution is 2.27. The largest absolute Gasteiger partial charge is 0.478 e. The summed E-state index contributed by atoms with van der Waals surface area (Å²) < 4.78 is 5.45. The Morgan fingerprint density at radius 1 is 1.12 bits per heavy atom. The summed E-state index contributed by atoms with van der Waals surface area (Å²) in [4.78, 5) is 23.7. The molecule has 0 unspecified atom stereocenters. The molecule has 5 heteroatoms. The minimum Gasteiger partial charge on any atom is -0.478 e. The Bertz CT molecular complexity index is 738. The molecule has 130 valence electrons. The number of amides is 1. The van der Waals surface area contributed by atoms with Crippen molar-refractivity contribution in [1.29, 1.82) is 0 Å². The molecule has 3 rings (SSSR count). The number of nitrogens with one attached hydrogen (secondary N) is 1. The van der Waals surface area contributed by atoms with Crippen molar-refractivity contribution in [3.8, 4) is 0 Å². The summed E-state index contributed by atoms with van der Waals surface area (Å²) in [6, 6.07) is 15.8. The van der Waals surface area contributed by atoms with Gasteiger partial charge < -0.3 is 15.2 Å². The molecule has 0 radical (unpaired) electrons. The van der Waals surface area contributed by atoms with Gasteiger partial charge in [0.15, 0.2) is 0 Å². The summed E-state index contributed by atoms with van der Waals surface area (Å²) >= 11 is 0. The number of carbonyl (C=O) groups is 2. The van der Waals surface area contributed by atoms with E-state index in [0.29, 0.717) is 18.1 Å². The fraction of sp³-hybridized carbons (Fsp3) is 0.300. The molecule has 2 aromatic carbocycles. The number of carboxylic acid groups (broad SMARTS) is 1. The Hall–Kier alpha value is -2.66. The summed E-state index contributed by atoms with van der Waals surface area (Å²) in [5.41, 5.74) is 1.49.